The van der Waals surface area contributed by atoms with Crippen LogP contribution in [0.5, 0.6) is 0 Å². The summed E-state index contributed by atoms with van der Waals surface area (Å²) in [5, 5.41) is 0. The van der Waals surface area contributed by atoms with Crippen LogP contribution in [0.3, 0.4) is 0 Å². The second kappa shape index (κ2) is 5.21. The molecule has 0 rings (SSSR count). The van der Waals surface area contributed by atoms with Crippen LogP contribution in [0.2, 0.25) is 0 Å². The maximum Gasteiger partial charge on any atom is 2.00 e. The van der Waals surface area contributed by atoms with Gasteiger partial charge >= 0.3 is 23.1 Å². The summed E-state index contributed by atoms with van der Waals surface area (Å²) in [5.41, 5.74) is 0. The molecule has 0 fully saturated rings. The molecular weight excluding hydrogens is 151 g/mol. The fourth-order valence-corrected chi connectivity index (χ4v) is 0. The van der Waals surface area contributed by atoms with Gasteiger partial charge in [0.1, 0.15) is 0 Å². The molecule has 0 N–H and O–H groups in total. The first-order valence-corrected chi connectivity index (χ1v) is 2.00. The van der Waals surface area contributed by atoms with Crippen LogP contribution < -0.4 is 0 Å². The summed E-state index contributed by atoms with van der Waals surface area (Å²) >= 11 is 0. The summed E-state index contributed by atoms with van der Waals surface area (Å²) < 4.78 is 34.1. The average molecular weight is 154 g/mol. The first-order valence-electron chi connectivity index (χ1n) is 0.667. The van der Waals surface area contributed by atoms with Gasteiger partial charge in [-0.25, -0.2) is 0 Å². The van der Waals surface area contributed by atoms with Crippen molar-refractivity contribution >= 4 is 43.4 Å². The van der Waals surface area contributed by atoms with Crippen molar-refractivity contribution < 1.29 is 17.5 Å². The van der Waals surface area contributed by atoms with Crippen molar-refractivity contribution in [3.8, 4) is 0 Å². The summed E-state index contributed by atoms with van der Waals surface area (Å²) in [6, 6.07) is 0. The van der Waals surface area contributed by atoms with Crippen molar-refractivity contribution in [3.63, 3.8) is 0 Å². The maximum atomic E-state index is 8.52. The van der Waals surface area contributed by atoms with Crippen LogP contribution in [0.15, 0.2) is 0 Å². The third-order valence-electron chi connectivity index (χ3n) is 0. The third-order valence-corrected chi connectivity index (χ3v) is 0. The minimum absolute atomic E-state index is 0. The van der Waals surface area contributed by atoms with E-state index in [1.807, 2.05) is 0 Å². The van der Waals surface area contributed by atoms with Crippen molar-refractivity contribution in [3.05, 3.63) is 0 Å². The molecule has 0 aliphatic rings. The van der Waals surface area contributed by atoms with Crippen molar-refractivity contribution in [2.45, 2.75) is 0 Å². The Morgan fingerprint density at radius 1 is 1.14 bits per heavy atom. The van der Waals surface area contributed by atoms with Gasteiger partial charge in [0, 0.05) is 10.4 Å². The molecule has 0 aromatic rings. The van der Waals surface area contributed by atoms with Crippen LogP contribution in [-0.4, -0.2) is 40.6 Å². The Kier molecular flexibility index (Phi) is 11.7. The molecule has 0 aliphatic heterocycles. The zero-order valence-electron chi connectivity index (χ0n) is 3.46. The van der Waals surface area contributed by atoms with Crippen LogP contribution in [-0.2, 0) is 10.4 Å². The second-order valence-electron chi connectivity index (χ2n) is 0.408. The van der Waals surface area contributed by atoms with Crippen molar-refractivity contribution in [1.82, 2.24) is 0 Å². The van der Waals surface area contributed by atoms with Gasteiger partial charge in [0.15, 0.2) is 0 Å². The Bertz CT molecular complexity index is 94.9. The molecule has 1 atom stereocenters. The molecule has 0 saturated heterocycles. The average Bonchev–Trinajstić information content (AvgIpc) is 0.722. The molecule has 0 radical (unpaired) electrons. The summed E-state index contributed by atoms with van der Waals surface area (Å²) in [6.07, 6.45) is 0. The molecule has 40 valence electrons. The summed E-state index contributed by atoms with van der Waals surface area (Å²) in [4.78, 5) is 0. The Balaban J connectivity index is -0.0000000800. The van der Waals surface area contributed by atoms with Gasteiger partial charge in [0.05, 0.1) is 0 Å². The van der Waals surface area contributed by atoms with Crippen molar-refractivity contribution in [2.75, 3.05) is 0 Å². The molecule has 7 heavy (non-hydrogen) atoms. The molecule has 7 heteroatoms. The molecule has 1 unspecified atom stereocenters. The van der Waals surface area contributed by atoms with E-state index in [2.05, 4.69) is 0 Å². The van der Waals surface area contributed by atoms with E-state index in [-0.39, 0.29) is 33.0 Å². The van der Waals surface area contributed by atoms with E-state index in [0.29, 0.717) is 0 Å². The van der Waals surface area contributed by atoms with E-state index in [9.17, 15) is 0 Å². The molecule has 0 aliphatic carbocycles. The monoisotopic (exact) mass is 154 g/mol. The van der Waals surface area contributed by atoms with Gasteiger partial charge in [-0.05, 0) is 0 Å². The van der Waals surface area contributed by atoms with Crippen molar-refractivity contribution in [1.29, 1.82) is 0 Å². The predicted octanol–water partition coefficient (Wildman–Crippen LogP) is -1.66. The maximum absolute atomic E-state index is 8.52. The fraction of sp³-hybridized carbons (Fsp3) is 0. The van der Waals surface area contributed by atoms with Gasteiger partial charge in [0.2, 0.25) is 0 Å². The first kappa shape index (κ1) is 15.7. The molecule has 0 spiro atoms. The van der Waals surface area contributed by atoms with Crippen LogP contribution in [0, 0.1) is 0 Å². The fourth-order valence-electron chi connectivity index (χ4n) is 0. The number of rotatable bonds is 0. The van der Waals surface area contributed by atoms with E-state index in [4.69, 9.17) is 17.5 Å². The van der Waals surface area contributed by atoms with Gasteiger partial charge in [-0.15, -0.1) is 0 Å². The molecular formula is H3MgO4PS. The van der Waals surface area contributed by atoms with E-state index in [0.717, 1.165) is 0 Å². The summed E-state index contributed by atoms with van der Waals surface area (Å²) in [5.74, 6) is 0. The van der Waals surface area contributed by atoms with E-state index < -0.39 is 10.4 Å². The molecule has 0 saturated carbocycles. The van der Waals surface area contributed by atoms with Crippen LogP contribution >= 0.6 is 9.90 Å². The van der Waals surface area contributed by atoms with Gasteiger partial charge in [-0.3, -0.25) is 8.42 Å². The largest absolute Gasteiger partial charge is 2.00 e. The molecule has 4 nitrogen and oxygen atoms in total. The summed E-state index contributed by atoms with van der Waals surface area (Å²) in [6.45, 7) is 0. The van der Waals surface area contributed by atoms with Crippen LogP contribution in [0.1, 0.15) is 0 Å². The topological polar surface area (TPSA) is 80.3 Å². The standard InChI is InChI=1S/Mg.H2O4S.H3P/c;1-5(2,3)4;/h;(H2,1,2,3,4);1H3/q+2;;/p-2. The molecule has 0 bridgehead atoms. The smallest absolute Gasteiger partial charge is 0.759 e. The normalized spacial score (nSPS) is 8.29. The minimum Gasteiger partial charge on any atom is -0.759 e. The molecule has 0 amide bonds. The Morgan fingerprint density at radius 3 is 1.14 bits per heavy atom. The third kappa shape index (κ3) is 160. The molecule has 0 aromatic carbocycles. The number of hydrogen-bond donors (Lipinski definition) is 0. The van der Waals surface area contributed by atoms with Gasteiger partial charge in [-0.2, -0.15) is 9.90 Å². The van der Waals surface area contributed by atoms with Crippen molar-refractivity contribution in [2.24, 2.45) is 0 Å². The zero-order valence-corrected chi connectivity index (χ0v) is 7.10. The van der Waals surface area contributed by atoms with Gasteiger partial charge < -0.3 is 9.11 Å². The zero-order chi connectivity index (χ0) is 4.50. The Morgan fingerprint density at radius 2 is 1.14 bits per heavy atom. The second-order valence-corrected chi connectivity index (χ2v) is 1.22. The predicted molar refractivity (Wildman–Crippen MR) is 27.3 cm³/mol. The first-order chi connectivity index (χ1) is 2.00. The van der Waals surface area contributed by atoms with Crippen LogP contribution in [0.25, 0.3) is 0 Å². The SMILES string of the molecule is O=S(=O)([O-])[O-].P.[Mg+2]. The summed E-state index contributed by atoms with van der Waals surface area (Å²) in [7, 11) is -5.17. The van der Waals surface area contributed by atoms with Gasteiger partial charge in [-0.1, -0.05) is 0 Å². The number of hydrogen-bond acceptors (Lipinski definition) is 4. The quantitative estimate of drug-likeness (QED) is 0.181. The van der Waals surface area contributed by atoms with Crippen LogP contribution in [0.4, 0.5) is 0 Å². The molecule has 0 heterocycles. The Labute approximate surface area is 61.0 Å². The minimum atomic E-state index is -5.17. The van der Waals surface area contributed by atoms with E-state index >= 15 is 0 Å². The van der Waals surface area contributed by atoms with E-state index in [1.54, 1.807) is 0 Å². The van der Waals surface area contributed by atoms with E-state index in [1.165, 1.54) is 0 Å². The Hall–Kier alpha value is 1.07. The molecule has 0 aromatic heterocycles. The van der Waals surface area contributed by atoms with Gasteiger partial charge in [0.25, 0.3) is 0 Å².